The van der Waals surface area contributed by atoms with Gasteiger partial charge in [0, 0.05) is 16.9 Å². The first kappa shape index (κ1) is 15.1. The summed E-state index contributed by atoms with van der Waals surface area (Å²) in [5.41, 5.74) is 3.68. The molecule has 0 N–H and O–H groups in total. The van der Waals surface area contributed by atoms with Crippen molar-refractivity contribution in [1.82, 2.24) is 4.98 Å². The monoisotopic (exact) mass is 329 g/mol. The second-order valence-electron chi connectivity index (χ2n) is 6.19. The molecule has 2 heteroatoms. The summed E-state index contributed by atoms with van der Waals surface area (Å²) in [7, 11) is 0. The third-order valence-electron chi connectivity index (χ3n) is 4.39. The predicted octanol–water partition coefficient (Wildman–Crippen LogP) is 6.31. The third-order valence-corrected chi connectivity index (χ3v) is 5.47. The average Bonchev–Trinajstić information content (AvgIpc) is 3.12. The first-order chi connectivity index (χ1) is 11.8. The number of hydrogen-bond acceptors (Lipinski definition) is 2. The molecular weight excluding hydrogens is 310 g/mol. The summed E-state index contributed by atoms with van der Waals surface area (Å²) in [5.74, 6) is 0.432. The molecule has 118 valence electrons. The Kier molecular flexibility index (Phi) is 4.14. The van der Waals surface area contributed by atoms with E-state index in [0.717, 1.165) is 12.1 Å². The van der Waals surface area contributed by atoms with E-state index in [1.807, 2.05) is 0 Å². The molecule has 3 aromatic carbocycles. The van der Waals surface area contributed by atoms with Crippen molar-refractivity contribution in [3.05, 3.63) is 88.7 Å². The van der Waals surface area contributed by atoms with Crippen molar-refractivity contribution >= 4 is 22.1 Å². The molecule has 0 aliphatic heterocycles. The van der Waals surface area contributed by atoms with Crippen LogP contribution in [0.25, 0.3) is 22.0 Å². The van der Waals surface area contributed by atoms with E-state index in [1.54, 1.807) is 11.3 Å². The zero-order valence-corrected chi connectivity index (χ0v) is 14.5. The maximum atomic E-state index is 4.95. The van der Waals surface area contributed by atoms with Gasteiger partial charge in [-0.2, -0.15) is 0 Å². The molecular formula is C22H19NS. The molecule has 4 aromatic rings. The molecule has 0 aliphatic carbocycles. The molecule has 0 saturated heterocycles. The minimum atomic E-state index is 0.432. The summed E-state index contributed by atoms with van der Waals surface area (Å²) in [5, 5.41) is 5.94. The van der Waals surface area contributed by atoms with Gasteiger partial charge in [0.05, 0.1) is 10.7 Å². The highest BCUT2D eigenvalue weighted by Gasteiger charge is 2.13. The minimum Gasteiger partial charge on any atom is -0.241 e. The van der Waals surface area contributed by atoms with E-state index in [4.69, 9.17) is 4.98 Å². The number of nitrogens with zero attached hydrogens (tertiary/aromatic N) is 1. The normalized spacial score (nSPS) is 12.4. The summed E-state index contributed by atoms with van der Waals surface area (Å²) < 4.78 is 0. The van der Waals surface area contributed by atoms with Crippen LogP contribution in [-0.4, -0.2) is 4.98 Å². The highest BCUT2D eigenvalue weighted by atomic mass is 32.1. The number of thiazole rings is 1. The highest BCUT2D eigenvalue weighted by Crippen LogP contribution is 2.32. The van der Waals surface area contributed by atoms with E-state index in [0.29, 0.717) is 5.92 Å². The van der Waals surface area contributed by atoms with Crippen LogP contribution in [0.15, 0.2) is 78.2 Å². The maximum absolute atomic E-state index is 4.95. The summed E-state index contributed by atoms with van der Waals surface area (Å²) in [6, 6.07) is 25.6. The highest BCUT2D eigenvalue weighted by molar-refractivity contribution is 7.10. The number of rotatable bonds is 4. The van der Waals surface area contributed by atoms with Crippen LogP contribution in [0.5, 0.6) is 0 Å². The Labute approximate surface area is 146 Å². The third kappa shape index (κ3) is 2.98. The van der Waals surface area contributed by atoms with Crippen LogP contribution in [0.2, 0.25) is 0 Å². The van der Waals surface area contributed by atoms with E-state index >= 15 is 0 Å². The lowest BCUT2D eigenvalue weighted by Gasteiger charge is -2.08. The molecule has 1 unspecified atom stereocenters. The smallest absolute Gasteiger partial charge is 0.0964 e. The summed E-state index contributed by atoms with van der Waals surface area (Å²) >= 11 is 1.77. The first-order valence-corrected chi connectivity index (χ1v) is 9.17. The molecule has 1 aromatic heterocycles. The van der Waals surface area contributed by atoms with Crippen LogP contribution in [-0.2, 0) is 6.42 Å². The molecule has 4 rings (SSSR count). The Morgan fingerprint density at radius 2 is 1.62 bits per heavy atom. The van der Waals surface area contributed by atoms with Gasteiger partial charge in [0.25, 0.3) is 0 Å². The van der Waals surface area contributed by atoms with Gasteiger partial charge in [-0.25, -0.2) is 4.98 Å². The van der Waals surface area contributed by atoms with Crippen molar-refractivity contribution in [1.29, 1.82) is 0 Å². The van der Waals surface area contributed by atoms with Crippen molar-refractivity contribution in [2.45, 2.75) is 19.3 Å². The SMILES string of the molecule is CC(Cc1ccccc1)c1nc(-c2cccc3ccccc23)cs1. The molecule has 1 atom stereocenters. The van der Waals surface area contributed by atoms with Gasteiger partial charge < -0.3 is 0 Å². The molecule has 0 saturated carbocycles. The van der Waals surface area contributed by atoms with E-state index in [-0.39, 0.29) is 0 Å². The van der Waals surface area contributed by atoms with Crippen LogP contribution in [0, 0.1) is 0 Å². The topological polar surface area (TPSA) is 12.9 Å². The summed E-state index contributed by atoms with van der Waals surface area (Å²) in [4.78, 5) is 4.95. The van der Waals surface area contributed by atoms with Crippen LogP contribution < -0.4 is 0 Å². The van der Waals surface area contributed by atoms with Crippen molar-refractivity contribution in [3.63, 3.8) is 0 Å². The van der Waals surface area contributed by atoms with Gasteiger partial charge >= 0.3 is 0 Å². The zero-order chi connectivity index (χ0) is 16.4. The van der Waals surface area contributed by atoms with Gasteiger partial charge in [0.1, 0.15) is 0 Å². The molecule has 1 nitrogen and oxygen atoms in total. The molecule has 0 radical (unpaired) electrons. The van der Waals surface area contributed by atoms with Crippen LogP contribution in [0.1, 0.15) is 23.4 Å². The molecule has 0 amide bonds. The largest absolute Gasteiger partial charge is 0.241 e. The first-order valence-electron chi connectivity index (χ1n) is 8.29. The number of aromatic nitrogens is 1. The Bertz CT molecular complexity index is 951. The fraction of sp³-hybridized carbons (Fsp3) is 0.136. The molecule has 0 fully saturated rings. The van der Waals surface area contributed by atoms with Crippen molar-refractivity contribution < 1.29 is 0 Å². The Hall–Kier alpha value is -2.45. The molecule has 0 bridgehead atoms. The van der Waals surface area contributed by atoms with Gasteiger partial charge in [0.2, 0.25) is 0 Å². The van der Waals surface area contributed by atoms with Gasteiger partial charge in [-0.15, -0.1) is 11.3 Å². The van der Waals surface area contributed by atoms with Crippen molar-refractivity contribution in [2.24, 2.45) is 0 Å². The number of benzene rings is 3. The van der Waals surface area contributed by atoms with E-state index in [9.17, 15) is 0 Å². The van der Waals surface area contributed by atoms with E-state index in [2.05, 4.69) is 85.1 Å². The molecule has 0 aliphatic rings. The van der Waals surface area contributed by atoms with Crippen LogP contribution in [0.4, 0.5) is 0 Å². The van der Waals surface area contributed by atoms with Crippen molar-refractivity contribution in [2.75, 3.05) is 0 Å². The molecule has 1 heterocycles. The average molecular weight is 329 g/mol. The van der Waals surface area contributed by atoms with E-state index < -0.39 is 0 Å². The van der Waals surface area contributed by atoms with Gasteiger partial charge in [-0.3, -0.25) is 0 Å². The minimum absolute atomic E-state index is 0.432. The molecule has 0 spiro atoms. The Balaban J connectivity index is 1.64. The number of fused-ring (bicyclic) bond motifs is 1. The van der Waals surface area contributed by atoms with Gasteiger partial charge in [0.15, 0.2) is 0 Å². The summed E-state index contributed by atoms with van der Waals surface area (Å²) in [6.45, 7) is 2.26. The fourth-order valence-corrected chi connectivity index (χ4v) is 4.02. The second-order valence-corrected chi connectivity index (χ2v) is 7.08. The van der Waals surface area contributed by atoms with E-state index in [1.165, 1.54) is 26.9 Å². The van der Waals surface area contributed by atoms with Gasteiger partial charge in [-0.1, -0.05) is 79.7 Å². The molecule has 24 heavy (non-hydrogen) atoms. The summed E-state index contributed by atoms with van der Waals surface area (Å²) in [6.07, 6.45) is 1.03. The van der Waals surface area contributed by atoms with Crippen molar-refractivity contribution in [3.8, 4) is 11.3 Å². The zero-order valence-electron chi connectivity index (χ0n) is 13.6. The fourth-order valence-electron chi connectivity index (χ4n) is 3.14. The second kappa shape index (κ2) is 6.58. The number of hydrogen-bond donors (Lipinski definition) is 0. The Morgan fingerprint density at radius 1 is 0.875 bits per heavy atom. The standard InChI is InChI=1S/C22H19NS/c1-16(14-17-8-3-2-4-9-17)22-23-21(15-24-22)20-13-7-11-18-10-5-6-12-19(18)20/h2-13,15-16H,14H2,1H3. The lowest BCUT2D eigenvalue weighted by molar-refractivity contribution is 0.752. The predicted molar refractivity (Wildman–Crippen MR) is 104 cm³/mol. The van der Waals surface area contributed by atoms with Gasteiger partial charge in [-0.05, 0) is 22.8 Å². The quantitative estimate of drug-likeness (QED) is 0.427. The maximum Gasteiger partial charge on any atom is 0.0964 e. The van der Waals surface area contributed by atoms with Crippen LogP contribution in [0.3, 0.4) is 0 Å². The van der Waals surface area contributed by atoms with Crippen LogP contribution >= 0.6 is 11.3 Å². The lowest BCUT2D eigenvalue weighted by atomic mass is 10.0. The lowest BCUT2D eigenvalue weighted by Crippen LogP contribution is -1.97. The Morgan fingerprint density at radius 3 is 2.50 bits per heavy atom.